The van der Waals surface area contributed by atoms with Crippen LogP contribution in [0, 0.1) is 6.92 Å². The first-order valence-electron chi connectivity index (χ1n) is 9.35. The van der Waals surface area contributed by atoms with Crippen molar-refractivity contribution in [1.29, 1.82) is 0 Å². The fourth-order valence-corrected chi connectivity index (χ4v) is 3.18. The number of aromatic nitrogens is 2. The first-order chi connectivity index (χ1) is 14.5. The van der Waals surface area contributed by atoms with Crippen LogP contribution >= 0.6 is 0 Å². The quantitative estimate of drug-likeness (QED) is 0.517. The van der Waals surface area contributed by atoms with E-state index in [9.17, 15) is 14.0 Å². The van der Waals surface area contributed by atoms with Gasteiger partial charge in [-0.05, 0) is 48.4 Å². The highest BCUT2D eigenvalue weighted by molar-refractivity contribution is 6.03. The van der Waals surface area contributed by atoms with Crippen molar-refractivity contribution in [3.8, 4) is 11.1 Å². The molecule has 7 heteroatoms. The van der Waals surface area contributed by atoms with E-state index in [1.807, 2.05) is 43.5 Å². The third-order valence-corrected chi connectivity index (χ3v) is 4.60. The maximum Gasteiger partial charge on any atom is 0.275 e. The minimum absolute atomic E-state index is 0.307. The van der Waals surface area contributed by atoms with Gasteiger partial charge in [0.1, 0.15) is 11.3 Å². The van der Waals surface area contributed by atoms with Crippen molar-refractivity contribution in [2.75, 3.05) is 17.3 Å². The highest BCUT2D eigenvalue weighted by Crippen LogP contribution is 2.29. The molecule has 30 heavy (non-hydrogen) atoms. The highest BCUT2D eigenvalue weighted by Gasteiger charge is 2.13. The number of pyridine rings is 1. The summed E-state index contributed by atoms with van der Waals surface area (Å²) in [5.74, 6) is -1.04. The molecule has 0 aliphatic carbocycles. The molecule has 0 aliphatic rings. The number of benzene rings is 2. The van der Waals surface area contributed by atoms with Crippen molar-refractivity contribution >= 4 is 28.8 Å². The van der Waals surface area contributed by atoms with Crippen LogP contribution in [0.5, 0.6) is 0 Å². The van der Waals surface area contributed by atoms with Gasteiger partial charge < -0.3 is 15.0 Å². The lowest BCUT2D eigenvalue weighted by Crippen LogP contribution is -2.14. The van der Waals surface area contributed by atoms with Gasteiger partial charge in [0.25, 0.3) is 11.8 Å². The molecule has 0 unspecified atom stereocenters. The molecule has 4 rings (SSSR count). The summed E-state index contributed by atoms with van der Waals surface area (Å²) in [6, 6.07) is 18.2. The Morgan fingerprint density at radius 2 is 1.87 bits per heavy atom. The molecule has 2 aromatic heterocycles. The number of hydrogen-bond acceptors (Lipinski definition) is 3. The van der Waals surface area contributed by atoms with E-state index < -0.39 is 12.6 Å². The number of rotatable bonds is 5. The van der Waals surface area contributed by atoms with Crippen LogP contribution in [0.2, 0.25) is 0 Å². The third kappa shape index (κ3) is 4.05. The number of hydrogen-bond donors (Lipinski definition) is 2. The van der Waals surface area contributed by atoms with E-state index >= 15 is 0 Å². The van der Waals surface area contributed by atoms with Crippen LogP contribution in [0.4, 0.5) is 15.8 Å². The average Bonchev–Trinajstić information content (AvgIpc) is 3.17. The Hall–Kier alpha value is -4.00. The summed E-state index contributed by atoms with van der Waals surface area (Å²) in [5.41, 5.74) is 4.64. The van der Waals surface area contributed by atoms with Gasteiger partial charge in [-0.1, -0.05) is 30.3 Å². The summed E-state index contributed by atoms with van der Waals surface area (Å²) in [4.78, 5) is 28.5. The molecule has 0 bridgehead atoms. The first kappa shape index (κ1) is 19.3. The molecule has 0 fully saturated rings. The Morgan fingerprint density at radius 1 is 1.03 bits per heavy atom. The fraction of sp³-hybridized carbons (Fsp3) is 0.0870. The third-order valence-electron chi connectivity index (χ3n) is 4.60. The van der Waals surface area contributed by atoms with Crippen molar-refractivity contribution in [3.05, 3.63) is 84.3 Å². The molecule has 0 aliphatic heterocycles. The molecule has 2 aromatic carbocycles. The number of halogens is 1. The van der Waals surface area contributed by atoms with Gasteiger partial charge in [-0.15, -0.1) is 0 Å². The maximum atomic E-state index is 12.7. The number of imidazole rings is 1. The van der Waals surface area contributed by atoms with Gasteiger partial charge in [-0.25, -0.2) is 9.37 Å². The molecule has 2 heterocycles. The van der Waals surface area contributed by atoms with Crippen LogP contribution in [-0.2, 0) is 4.79 Å². The number of amides is 2. The smallest absolute Gasteiger partial charge is 0.275 e. The number of anilines is 2. The molecule has 0 saturated carbocycles. The van der Waals surface area contributed by atoms with E-state index in [2.05, 4.69) is 15.6 Å². The molecule has 0 atom stereocenters. The minimum Gasteiger partial charge on any atom is -0.323 e. The number of alkyl halides is 1. The molecule has 2 amide bonds. The molecular formula is C23H19FN4O2. The van der Waals surface area contributed by atoms with Crippen molar-refractivity contribution in [2.45, 2.75) is 6.92 Å². The zero-order chi connectivity index (χ0) is 21.1. The number of fused-ring (bicyclic) bond motifs is 1. The van der Waals surface area contributed by atoms with Crippen molar-refractivity contribution < 1.29 is 14.0 Å². The van der Waals surface area contributed by atoms with Crippen molar-refractivity contribution in [1.82, 2.24) is 9.38 Å². The molecule has 150 valence electrons. The van der Waals surface area contributed by atoms with Crippen LogP contribution in [0.1, 0.15) is 16.1 Å². The van der Waals surface area contributed by atoms with E-state index in [0.29, 0.717) is 22.7 Å². The fourth-order valence-electron chi connectivity index (χ4n) is 3.18. The van der Waals surface area contributed by atoms with Gasteiger partial charge in [0.15, 0.2) is 6.67 Å². The SMILES string of the molecule is Cc1ccn2cc(C(=O)Nc3cccc(-c4ccccc4NC(=O)CF)c3)nc2c1. The predicted molar refractivity (Wildman–Crippen MR) is 114 cm³/mol. The largest absolute Gasteiger partial charge is 0.323 e. The molecular weight excluding hydrogens is 383 g/mol. The van der Waals surface area contributed by atoms with E-state index in [4.69, 9.17) is 0 Å². The first-order valence-corrected chi connectivity index (χ1v) is 9.35. The van der Waals surface area contributed by atoms with Crippen molar-refractivity contribution in [3.63, 3.8) is 0 Å². The van der Waals surface area contributed by atoms with E-state index in [0.717, 1.165) is 16.7 Å². The molecule has 2 N–H and O–H groups in total. The summed E-state index contributed by atoms with van der Waals surface area (Å²) in [6.45, 7) is 0.872. The summed E-state index contributed by atoms with van der Waals surface area (Å²) in [5, 5.41) is 5.40. The molecule has 0 spiro atoms. The number of carbonyl (C=O) groups is 2. The molecule has 4 aromatic rings. The van der Waals surface area contributed by atoms with Crippen LogP contribution in [0.25, 0.3) is 16.8 Å². The molecule has 0 saturated heterocycles. The topological polar surface area (TPSA) is 75.5 Å². The maximum absolute atomic E-state index is 12.7. The minimum atomic E-state index is -1.09. The summed E-state index contributed by atoms with van der Waals surface area (Å²) < 4.78 is 14.4. The second kappa shape index (κ2) is 8.16. The van der Waals surface area contributed by atoms with Gasteiger partial charge in [0.05, 0.1) is 0 Å². The Labute approximate surface area is 172 Å². The lowest BCUT2D eigenvalue weighted by atomic mass is 10.0. The van der Waals surface area contributed by atoms with Gasteiger partial charge in [0.2, 0.25) is 0 Å². The highest BCUT2D eigenvalue weighted by atomic mass is 19.1. The Bertz CT molecular complexity index is 1250. The lowest BCUT2D eigenvalue weighted by Gasteiger charge is -2.12. The number of aryl methyl sites for hydroxylation is 1. The van der Waals surface area contributed by atoms with Crippen LogP contribution in [0.3, 0.4) is 0 Å². The van der Waals surface area contributed by atoms with E-state index in [-0.39, 0.29) is 5.91 Å². The van der Waals surface area contributed by atoms with E-state index in [1.54, 1.807) is 40.9 Å². The number of nitrogens with one attached hydrogen (secondary N) is 2. The standard InChI is InChI=1S/C23H19FN4O2/c1-15-9-10-28-14-20(26-21(28)11-15)23(30)25-17-6-4-5-16(12-17)18-7-2-3-8-19(18)27-22(29)13-24/h2-12,14H,13H2,1H3,(H,25,30)(H,27,29). The van der Waals surface area contributed by atoms with E-state index in [1.165, 1.54) is 0 Å². The van der Waals surface area contributed by atoms with Gasteiger partial charge in [-0.3, -0.25) is 9.59 Å². The Morgan fingerprint density at radius 3 is 2.70 bits per heavy atom. The zero-order valence-electron chi connectivity index (χ0n) is 16.2. The van der Waals surface area contributed by atoms with Crippen molar-refractivity contribution in [2.24, 2.45) is 0 Å². The van der Waals surface area contributed by atoms with Gasteiger partial charge in [-0.2, -0.15) is 0 Å². The van der Waals surface area contributed by atoms with Crippen LogP contribution in [-0.4, -0.2) is 27.9 Å². The Balaban J connectivity index is 1.59. The van der Waals surface area contributed by atoms with Gasteiger partial charge >= 0.3 is 0 Å². The number of para-hydroxylation sites is 1. The second-order valence-electron chi connectivity index (χ2n) is 6.86. The predicted octanol–water partition coefficient (Wildman–Crippen LogP) is 4.47. The normalized spacial score (nSPS) is 10.7. The number of carbonyl (C=O) groups excluding carboxylic acids is 2. The summed E-state index contributed by atoms with van der Waals surface area (Å²) in [7, 11) is 0. The van der Waals surface area contributed by atoms with Crippen LogP contribution < -0.4 is 10.6 Å². The lowest BCUT2D eigenvalue weighted by molar-refractivity contribution is -0.117. The zero-order valence-corrected chi connectivity index (χ0v) is 16.2. The summed E-state index contributed by atoms with van der Waals surface area (Å²) >= 11 is 0. The summed E-state index contributed by atoms with van der Waals surface area (Å²) in [6.07, 6.45) is 3.54. The Kier molecular flexibility index (Phi) is 5.26. The monoisotopic (exact) mass is 402 g/mol. The second-order valence-corrected chi connectivity index (χ2v) is 6.86. The van der Waals surface area contributed by atoms with Crippen LogP contribution in [0.15, 0.2) is 73.1 Å². The molecule has 6 nitrogen and oxygen atoms in total. The van der Waals surface area contributed by atoms with Gasteiger partial charge in [0, 0.05) is 29.3 Å². The molecule has 0 radical (unpaired) electrons. The number of nitrogens with zero attached hydrogens (tertiary/aromatic N) is 2. The average molecular weight is 402 g/mol.